The number of fused-ring (bicyclic) bond motifs is 1. The van der Waals surface area contributed by atoms with Crippen LogP contribution in [-0.2, 0) is 14.8 Å². The summed E-state index contributed by atoms with van der Waals surface area (Å²) in [4.78, 5) is 21.2. The monoisotopic (exact) mass is 478 g/mol. The van der Waals surface area contributed by atoms with Crippen LogP contribution in [-0.4, -0.2) is 24.3 Å². The zero-order valence-electron chi connectivity index (χ0n) is 17.5. The molecule has 9 heteroatoms. The zero-order valence-corrected chi connectivity index (χ0v) is 19.1. The summed E-state index contributed by atoms with van der Waals surface area (Å²) in [5.41, 5.74) is 3.14. The van der Waals surface area contributed by atoms with E-state index in [-0.39, 0.29) is 15.6 Å². The summed E-state index contributed by atoms with van der Waals surface area (Å²) in [6, 6.07) is 18.6. The highest BCUT2D eigenvalue weighted by Gasteiger charge is 2.19. The number of para-hydroxylation sites is 3. The number of aryl methyl sites for hydroxylation is 1. The van der Waals surface area contributed by atoms with Crippen molar-refractivity contribution >= 4 is 56.0 Å². The number of anilines is 2. The highest BCUT2D eigenvalue weighted by atomic mass is 35.5. The molecule has 0 aliphatic carbocycles. The maximum atomic E-state index is 12.9. The van der Waals surface area contributed by atoms with Crippen molar-refractivity contribution in [1.82, 2.24) is 9.97 Å². The molecule has 2 N–H and O–H groups in total. The molecular formula is C24H19ClN4O3S. The molecule has 0 saturated heterocycles. The molecule has 33 heavy (non-hydrogen) atoms. The molecule has 1 aromatic heterocycles. The zero-order chi connectivity index (χ0) is 23.4. The van der Waals surface area contributed by atoms with Crippen molar-refractivity contribution in [2.24, 2.45) is 0 Å². The van der Waals surface area contributed by atoms with Crippen LogP contribution in [0.5, 0.6) is 0 Å². The van der Waals surface area contributed by atoms with Gasteiger partial charge in [0.25, 0.3) is 10.0 Å². The van der Waals surface area contributed by atoms with Crippen LogP contribution in [0.4, 0.5) is 11.4 Å². The number of nitrogens with one attached hydrogen (secondary N) is 2. The average molecular weight is 479 g/mol. The fraction of sp³-hybridized carbons (Fsp3) is 0.0417. The molecule has 1 amide bonds. The molecule has 7 nitrogen and oxygen atoms in total. The summed E-state index contributed by atoms with van der Waals surface area (Å²) in [7, 11) is -3.92. The van der Waals surface area contributed by atoms with Crippen molar-refractivity contribution in [1.29, 1.82) is 0 Å². The van der Waals surface area contributed by atoms with Crippen molar-refractivity contribution in [3.05, 3.63) is 95.3 Å². The predicted octanol–water partition coefficient (Wildman–Crippen LogP) is 5.04. The Bertz CT molecular complexity index is 1490. The number of benzene rings is 3. The number of hydrogen-bond acceptors (Lipinski definition) is 5. The van der Waals surface area contributed by atoms with Gasteiger partial charge in [-0.25, -0.2) is 13.4 Å². The Labute approximate surface area is 196 Å². The normalized spacial score (nSPS) is 11.6. The number of carbonyl (C=O) groups is 1. The fourth-order valence-electron chi connectivity index (χ4n) is 3.11. The molecule has 0 saturated carbocycles. The number of hydrogen-bond donors (Lipinski definition) is 2. The number of nitrogens with zero attached hydrogens (tertiary/aromatic N) is 2. The minimum atomic E-state index is -3.92. The summed E-state index contributed by atoms with van der Waals surface area (Å²) < 4.78 is 28.3. The smallest absolute Gasteiger partial charge is 0.262 e. The molecule has 4 rings (SSSR count). The Morgan fingerprint density at radius 3 is 2.52 bits per heavy atom. The fourth-order valence-corrected chi connectivity index (χ4v) is 4.70. The lowest BCUT2D eigenvalue weighted by Crippen LogP contribution is -2.15. The first-order valence-electron chi connectivity index (χ1n) is 9.91. The van der Waals surface area contributed by atoms with E-state index in [1.165, 1.54) is 12.1 Å². The van der Waals surface area contributed by atoms with Gasteiger partial charge in [-0.1, -0.05) is 41.9 Å². The van der Waals surface area contributed by atoms with E-state index in [2.05, 4.69) is 20.0 Å². The van der Waals surface area contributed by atoms with Gasteiger partial charge in [0, 0.05) is 11.8 Å². The standard InChI is InChI=1S/C24H19ClN4O3S/c1-16-10-11-17(14-23(16)33(31,32)29-20-7-3-2-6-19(20)25)28-24(30)13-12-18-15-26-21-8-4-5-9-22(21)27-18/h2-15,29H,1H3,(H,28,30)/b13-12+. The molecule has 4 aromatic rings. The lowest BCUT2D eigenvalue weighted by atomic mass is 10.2. The quantitative estimate of drug-likeness (QED) is 0.378. The van der Waals surface area contributed by atoms with Gasteiger partial charge in [0.2, 0.25) is 5.91 Å². The van der Waals surface area contributed by atoms with Crippen LogP contribution in [0.3, 0.4) is 0 Å². The van der Waals surface area contributed by atoms with E-state index in [9.17, 15) is 13.2 Å². The summed E-state index contributed by atoms with van der Waals surface area (Å²) in [5, 5.41) is 2.95. The molecule has 1 heterocycles. The van der Waals surface area contributed by atoms with Crippen molar-refractivity contribution in [2.75, 3.05) is 10.0 Å². The first-order valence-corrected chi connectivity index (χ1v) is 11.8. The number of carbonyl (C=O) groups excluding carboxylic acids is 1. The van der Waals surface area contributed by atoms with Crippen LogP contribution in [0.15, 0.2) is 83.9 Å². The van der Waals surface area contributed by atoms with Gasteiger partial charge in [-0.2, -0.15) is 0 Å². The molecule has 0 aliphatic heterocycles. The van der Waals surface area contributed by atoms with Gasteiger partial charge < -0.3 is 5.32 Å². The first kappa shape index (κ1) is 22.4. The van der Waals surface area contributed by atoms with E-state index in [0.717, 1.165) is 11.0 Å². The van der Waals surface area contributed by atoms with E-state index in [1.54, 1.807) is 55.6 Å². The summed E-state index contributed by atoms with van der Waals surface area (Å²) in [5.74, 6) is -0.434. The molecule has 0 unspecified atom stereocenters. The SMILES string of the molecule is Cc1ccc(NC(=O)/C=C/c2cnc3ccccc3n2)cc1S(=O)(=O)Nc1ccccc1Cl. The van der Waals surface area contributed by atoms with Gasteiger partial charge in [0.1, 0.15) is 0 Å². The van der Waals surface area contributed by atoms with Gasteiger partial charge in [0.05, 0.1) is 38.5 Å². The third kappa shape index (κ3) is 5.36. The van der Waals surface area contributed by atoms with Crippen molar-refractivity contribution in [3.63, 3.8) is 0 Å². The molecule has 0 spiro atoms. The van der Waals surface area contributed by atoms with Crippen LogP contribution in [0.1, 0.15) is 11.3 Å². The average Bonchev–Trinajstić information content (AvgIpc) is 2.80. The molecule has 0 radical (unpaired) electrons. The number of aromatic nitrogens is 2. The van der Waals surface area contributed by atoms with E-state index in [0.29, 0.717) is 16.9 Å². The second-order valence-electron chi connectivity index (χ2n) is 7.17. The van der Waals surface area contributed by atoms with Gasteiger partial charge in [-0.05, 0) is 55.0 Å². The minimum absolute atomic E-state index is 0.0320. The van der Waals surface area contributed by atoms with E-state index in [1.807, 2.05) is 24.3 Å². The number of halogens is 1. The topological polar surface area (TPSA) is 101 Å². The predicted molar refractivity (Wildman–Crippen MR) is 131 cm³/mol. The van der Waals surface area contributed by atoms with E-state index < -0.39 is 15.9 Å². The Morgan fingerprint density at radius 2 is 1.73 bits per heavy atom. The molecule has 0 bridgehead atoms. The second-order valence-corrected chi connectivity index (χ2v) is 9.23. The van der Waals surface area contributed by atoms with Crippen LogP contribution < -0.4 is 10.0 Å². The van der Waals surface area contributed by atoms with E-state index in [4.69, 9.17) is 11.6 Å². The third-order valence-electron chi connectivity index (χ3n) is 4.74. The summed E-state index contributed by atoms with van der Waals surface area (Å²) in [6.45, 7) is 1.67. The second kappa shape index (κ2) is 9.40. The molecular weight excluding hydrogens is 460 g/mol. The molecule has 0 fully saturated rings. The molecule has 166 valence electrons. The first-order chi connectivity index (χ1) is 15.8. The van der Waals surface area contributed by atoms with Gasteiger partial charge in [-0.3, -0.25) is 14.5 Å². The highest BCUT2D eigenvalue weighted by molar-refractivity contribution is 7.92. The Kier molecular flexibility index (Phi) is 6.39. The third-order valence-corrected chi connectivity index (χ3v) is 6.57. The van der Waals surface area contributed by atoms with Crippen LogP contribution in [0.25, 0.3) is 17.1 Å². The van der Waals surface area contributed by atoms with Crippen molar-refractivity contribution in [3.8, 4) is 0 Å². The Hall–Kier alpha value is -3.75. The van der Waals surface area contributed by atoms with E-state index >= 15 is 0 Å². The van der Waals surface area contributed by atoms with Gasteiger partial charge >= 0.3 is 0 Å². The van der Waals surface area contributed by atoms with Gasteiger partial charge in [-0.15, -0.1) is 0 Å². The molecule has 0 aliphatic rings. The summed E-state index contributed by atoms with van der Waals surface area (Å²) >= 11 is 6.07. The highest BCUT2D eigenvalue weighted by Crippen LogP contribution is 2.27. The Balaban J connectivity index is 1.51. The van der Waals surface area contributed by atoms with Crippen LogP contribution in [0.2, 0.25) is 5.02 Å². The van der Waals surface area contributed by atoms with Crippen LogP contribution in [0, 0.1) is 6.92 Å². The van der Waals surface area contributed by atoms with Crippen molar-refractivity contribution < 1.29 is 13.2 Å². The largest absolute Gasteiger partial charge is 0.322 e. The lowest BCUT2D eigenvalue weighted by molar-refractivity contribution is -0.111. The van der Waals surface area contributed by atoms with Crippen LogP contribution >= 0.6 is 11.6 Å². The maximum Gasteiger partial charge on any atom is 0.262 e. The summed E-state index contributed by atoms with van der Waals surface area (Å²) in [6.07, 6.45) is 4.43. The minimum Gasteiger partial charge on any atom is -0.322 e. The number of rotatable bonds is 6. The number of amides is 1. The Morgan fingerprint density at radius 1 is 1.00 bits per heavy atom. The molecule has 0 atom stereocenters. The lowest BCUT2D eigenvalue weighted by Gasteiger charge is -2.13. The van der Waals surface area contributed by atoms with Gasteiger partial charge in [0.15, 0.2) is 0 Å². The number of sulfonamides is 1. The molecule has 3 aromatic carbocycles. The maximum absolute atomic E-state index is 12.9. The van der Waals surface area contributed by atoms with Crippen molar-refractivity contribution in [2.45, 2.75) is 11.8 Å².